The van der Waals surface area contributed by atoms with Crippen molar-refractivity contribution in [2.24, 2.45) is 0 Å². The Morgan fingerprint density at radius 1 is 0.815 bits per heavy atom. The van der Waals surface area contributed by atoms with Crippen LogP contribution in [-0.2, 0) is 11.3 Å². The molecule has 0 aliphatic heterocycles. The van der Waals surface area contributed by atoms with Gasteiger partial charge in [-0.3, -0.25) is 0 Å². The van der Waals surface area contributed by atoms with Crippen LogP contribution in [0.1, 0.15) is 22.8 Å². The van der Waals surface area contributed by atoms with Gasteiger partial charge in [0.05, 0.1) is 23.8 Å². The Bertz CT molecular complexity index is 906. The average Bonchev–Trinajstić information content (AvgIpc) is 2.65. The summed E-state index contributed by atoms with van der Waals surface area (Å²) in [5.74, 6) is 0.567. The first kappa shape index (κ1) is 20.3. The molecule has 0 bridgehead atoms. The molecule has 27 heavy (non-hydrogen) atoms. The normalized spacial score (nSPS) is 12.0. The van der Waals surface area contributed by atoms with E-state index in [4.69, 9.17) is 55.9 Å². The van der Waals surface area contributed by atoms with E-state index < -0.39 is 6.10 Å². The molecule has 0 aromatic heterocycles. The molecule has 0 N–H and O–H groups in total. The third-order valence-corrected chi connectivity index (χ3v) is 5.24. The van der Waals surface area contributed by atoms with Gasteiger partial charge >= 0.3 is 0 Å². The summed E-state index contributed by atoms with van der Waals surface area (Å²) < 4.78 is 11.5. The first-order chi connectivity index (χ1) is 13.0. The topological polar surface area (TPSA) is 18.5 Å². The summed E-state index contributed by atoms with van der Waals surface area (Å²) in [7, 11) is 1.56. The van der Waals surface area contributed by atoms with Gasteiger partial charge in [0, 0.05) is 21.2 Å². The third-order valence-electron chi connectivity index (χ3n) is 4.05. The number of rotatable bonds is 6. The standard InChI is InChI=1S/C21H16Cl4O2/c1-26-15-10-18(24)20(19(25)11-15)21(16-8-7-14(22)9-17(16)23)27-12-13-5-3-2-4-6-13/h2-11,21H,12H2,1H3. The molecule has 0 amide bonds. The van der Waals surface area contributed by atoms with Crippen molar-refractivity contribution in [1.82, 2.24) is 0 Å². The Hall–Kier alpha value is -1.42. The van der Waals surface area contributed by atoms with Gasteiger partial charge in [-0.25, -0.2) is 0 Å². The summed E-state index contributed by atoms with van der Waals surface area (Å²) >= 11 is 25.5. The minimum Gasteiger partial charge on any atom is -0.497 e. The van der Waals surface area contributed by atoms with Gasteiger partial charge in [0.15, 0.2) is 0 Å². The fourth-order valence-corrected chi connectivity index (χ4v) is 3.90. The van der Waals surface area contributed by atoms with E-state index in [-0.39, 0.29) is 0 Å². The van der Waals surface area contributed by atoms with Crippen molar-refractivity contribution in [3.8, 4) is 5.75 Å². The van der Waals surface area contributed by atoms with Gasteiger partial charge in [-0.15, -0.1) is 0 Å². The zero-order valence-corrected chi connectivity index (χ0v) is 17.4. The molecule has 0 aliphatic carbocycles. The Labute approximate surface area is 178 Å². The van der Waals surface area contributed by atoms with Gasteiger partial charge in [-0.2, -0.15) is 0 Å². The quantitative estimate of drug-likeness (QED) is 0.391. The molecule has 0 radical (unpaired) electrons. The number of methoxy groups -OCH3 is 1. The molecule has 0 spiro atoms. The molecule has 3 aromatic rings. The summed E-state index contributed by atoms with van der Waals surface area (Å²) in [5.41, 5.74) is 2.37. The average molecular weight is 442 g/mol. The van der Waals surface area contributed by atoms with Gasteiger partial charge in [0.1, 0.15) is 11.9 Å². The maximum Gasteiger partial charge on any atom is 0.121 e. The Kier molecular flexibility index (Phi) is 6.91. The fraction of sp³-hybridized carbons (Fsp3) is 0.143. The fourth-order valence-electron chi connectivity index (χ4n) is 2.73. The third kappa shape index (κ3) is 4.90. The molecule has 0 saturated carbocycles. The summed E-state index contributed by atoms with van der Waals surface area (Å²) in [5, 5.41) is 1.88. The largest absolute Gasteiger partial charge is 0.497 e. The lowest BCUT2D eigenvalue weighted by atomic mass is 10.0. The van der Waals surface area contributed by atoms with Crippen LogP contribution in [0.3, 0.4) is 0 Å². The molecule has 2 nitrogen and oxygen atoms in total. The Balaban J connectivity index is 2.04. The zero-order chi connectivity index (χ0) is 19.4. The first-order valence-corrected chi connectivity index (χ1v) is 9.64. The monoisotopic (exact) mass is 440 g/mol. The van der Waals surface area contributed by atoms with E-state index in [9.17, 15) is 0 Å². The number of hydrogen-bond acceptors (Lipinski definition) is 2. The minimum atomic E-state index is -0.569. The maximum absolute atomic E-state index is 6.51. The molecule has 0 heterocycles. The first-order valence-electron chi connectivity index (χ1n) is 8.13. The van der Waals surface area contributed by atoms with Crippen molar-refractivity contribution in [2.75, 3.05) is 7.11 Å². The van der Waals surface area contributed by atoms with E-state index in [1.807, 2.05) is 36.4 Å². The molecule has 1 unspecified atom stereocenters. The summed E-state index contributed by atoms with van der Waals surface area (Å²) in [6.07, 6.45) is -0.569. The SMILES string of the molecule is COc1cc(Cl)c(C(OCc2ccccc2)c2ccc(Cl)cc2Cl)c(Cl)c1. The van der Waals surface area contributed by atoms with Crippen molar-refractivity contribution in [3.63, 3.8) is 0 Å². The lowest BCUT2D eigenvalue weighted by Crippen LogP contribution is -2.09. The molecule has 140 valence electrons. The van der Waals surface area contributed by atoms with Gasteiger partial charge in [-0.05, 0) is 29.8 Å². The highest BCUT2D eigenvalue weighted by Crippen LogP contribution is 2.42. The van der Waals surface area contributed by atoms with Gasteiger partial charge < -0.3 is 9.47 Å². The van der Waals surface area contributed by atoms with E-state index in [0.717, 1.165) is 11.1 Å². The van der Waals surface area contributed by atoms with E-state index in [1.54, 1.807) is 31.4 Å². The predicted octanol–water partition coefficient (Wildman–Crippen LogP) is 7.62. The summed E-state index contributed by atoms with van der Waals surface area (Å²) in [4.78, 5) is 0. The number of halogens is 4. The molecule has 0 saturated heterocycles. The smallest absolute Gasteiger partial charge is 0.121 e. The van der Waals surface area contributed by atoms with Crippen LogP contribution in [0.25, 0.3) is 0 Å². The lowest BCUT2D eigenvalue weighted by molar-refractivity contribution is 0.0669. The van der Waals surface area contributed by atoms with E-state index >= 15 is 0 Å². The lowest BCUT2D eigenvalue weighted by Gasteiger charge is -2.23. The van der Waals surface area contributed by atoms with E-state index in [0.29, 0.717) is 38.0 Å². The van der Waals surface area contributed by atoms with E-state index in [1.165, 1.54) is 0 Å². The van der Waals surface area contributed by atoms with Crippen molar-refractivity contribution < 1.29 is 9.47 Å². The number of ether oxygens (including phenoxy) is 2. The summed E-state index contributed by atoms with van der Waals surface area (Å²) in [6.45, 7) is 0.364. The molecule has 0 fully saturated rings. The molecular formula is C21H16Cl4O2. The van der Waals surface area contributed by atoms with Crippen LogP contribution in [0.15, 0.2) is 60.7 Å². The van der Waals surface area contributed by atoms with Crippen molar-refractivity contribution in [2.45, 2.75) is 12.7 Å². The van der Waals surface area contributed by atoms with Crippen LogP contribution in [0.4, 0.5) is 0 Å². The number of benzene rings is 3. The zero-order valence-electron chi connectivity index (χ0n) is 14.4. The van der Waals surface area contributed by atoms with E-state index in [2.05, 4.69) is 0 Å². The van der Waals surface area contributed by atoms with Crippen LogP contribution < -0.4 is 4.74 Å². The van der Waals surface area contributed by atoms with Crippen LogP contribution in [0.5, 0.6) is 5.75 Å². The molecule has 1 atom stereocenters. The second-order valence-electron chi connectivity index (χ2n) is 5.85. The van der Waals surface area contributed by atoms with Crippen LogP contribution >= 0.6 is 46.4 Å². The second-order valence-corrected chi connectivity index (χ2v) is 7.51. The van der Waals surface area contributed by atoms with Gasteiger partial charge in [-0.1, -0.05) is 82.8 Å². The molecule has 6 heteroatoms. The van der Waals surface area contributed by atoms with Crippen molar-refractivity contribution in [3.05, 3.63) is 97.4 Å². The molecular weight excluding hydrogens is 426 g/mol. The minimum absolute atomic E-state index is 0.364. The highest BCUT2D eigenvalue weighted by molar-refractivity contribution is 6.37. The van der Waals surface area contributed by atoms with Gasteiger partial charge in [0.2, 0.25) is 0 Å². The molecule has 3 aromatic carbocycles. The van der Waals surface area contributed by atoms with Crippen molar-refractivity contribution >= 4 is 46.4 Å². The summed E-state index contributed by atoms with van der Waals surface area (Å²) in [6, 6.07) is 18.5. The number of hydrogen-bond donors (Lipinski definition) is 0. The molecule has 3 rings (SSSR count). The Morgan fingerprint density at radius 2 is 1.48 bits per heavy atom. The Morgan fingerprint density at radius 3 is 2.07 bits per heavy atom. The predicted molar refractivity (Wildman–Crippen MR) is 113 cm³/mol. The molecule has 0 aliphatic rings. The maximum atomic E-state index is 6.51. The van der Waals surface area contributed by atoms with Crippen LogP contribution in [-0.4, -0.2) is 7.11 Å². The second kappa shape index (κ2) is 9.18. The highest BCUT2D eigenvalue weighted by Gasteiger charge is 2.24. The highest BCUT2D eigenvalue weighted by atomic mass is 35.5. The van der Waals surface area contributed by atoms with Gasteiger partial charge in [0.25, 0.3) is 0 Å². The van der Waals surface area contributed by atoms with Crippen LogP contribution in [0, 0.1) is 0 Å². The van der Waals surface area contributed by atoms with Crippen LogP contribution in [0.2, 0.25) is 20.1 Å². The van der Waals surface area contributed by atoms with Crippen molar-refractivity contribution in [1.29, 1.82) is 0 Å².